The second kappa shape index (κ2) is 6.00. The highest BCUT2D eigenvalue weighted by molar-refractivity contribution is 5.81. The minimum Gasteiger partial charge on any atom is -0.359 e. The second-order valence-corrected chi connectivity index (χ2v) is 5.23. The Bertz CT molecular complexity index is 285. The van der Waals surface area contributed by atoms with Gasteiger partial charge in [-0.3, -0.25) is 9.59 Å². The van der Waals surface area contributed by atoms with E-state index in [1.54, 1.807) is 7.05 Å². The molecule has 0 bridgehead atoms. The van der Waals surface area contributed by atoms with Gasteiger partial charge in [-0.15, -0.1) is 0 Å². The minimum atomic E-state index is -0.443. The number of carbonyl (C=O) groups excluding carboxylic acids is 2. The molecule has 1 rings (SSSR count). The van der Waals surface area contributed by atoms with E-state index in [9.17, 15) is 9.59 Å². The van der Waals surface area contributed by atoms with Gasteiger partial charge in [-0.2, -0.15) is 0 Å². The van der Waals surface area contributed by atoms with E-state index >= 15 is 0 Å². The van der Waals surface area contributed by atoms with Crippen LogP contribution in [0.15, 0.2) is 0 Å². The molecular weight excluding hydrogens is 218 g/mol. The van der Waals surface area contributed by atoms with E-state index in [4.69, 9.17) is 0 Å². The molecule has 98 valence electrons. The third kappa shape index (κ3) is 5.17. The van der Waals surface area contributed by atoms with Gasteiger partial charge in [0, 0.05) is 32.6 Å². The highest BCUT2D eigenvalue weighted by Crippen LogP contribution is 2.18. The van der Waals surface area contributed by atoms with E-state index in [0.717, 1.165) is 12.8 Å². The van der Waals surface area contributed by atoms with Crippen molar-refractivity contribution in [3.63, 3.8) is 0 Å². The largest absolute Gasteiger partial charge is 0.359 e. The maximum Gasteiger partial charge on any atom is 0.226 e. The topological polar surface area (TPSA) is 70.2 Å². The average molecular weight is 241 g/mol. The third-order valence-corrected chi connectivity index (χ3v) is 2.88. The molecule has 0 aromatic carbocycles. The molecule has 0 unspecified atom stereocenters. The van der Waals surface area contributed by atoms with Crippen LogP contribution in [-0.4, -0.2) is 38.0 Å². The Morgan fingerprint density at radius 3 is 2.47 bits per heavy atom. The van der Waals surface area contributed by atoms with Crippen LogP contribution < -0.4 is 16.0 Å². The molecule has 0 saturated heterocycles. The maximum atomic E-state index is 11.5. The number of hydrogen-bond acceptors (Lipinski definition) is 3. The van der Waals surface area contributed by atoms with Crippen LogP contribution in [0, 0.1) is 5.41 Å². The van der Waals surface area contributed by atoms with Gasteiger partial charge in [0.05, 0.1) is 5.41 Å². The molecule has 0 aromatic rings. The van der Waals surface area contributed by atoms with E-state index in [1.807, 2.05) is 13.8 Å². The van der Waals surface area contributed by atoms with Crippen molar-refractivity contribution in [2.24, 2.45) is 5.41 Å². The van der Waals surface area contributed by atoms with Crippen LogP contribution in [-0.2, 0) is 9.59 Å². The van der Waals surface area contributed by atoms with Gasteiger partial charge in [-0.05, 0) is 26.7 Å². The minimum absolute atomic E-state index is 0.00688. The average Bonchev–Trinajstić information content (AvgIpc) is 3.07. The summed E-state index contributed by atoms with van der Waals surface area (Å²) in [7, 11) is 1.63. The fraction of sp³-hybridized carbons (Fsp3) is 0.833. The molecule has 0 aromatic heterocycles. The van der Waals surface area contributed by atoms with Crippen molar-refractivity contribution in [3.05, 3.63) is 0 Å². The lowest BCUT2D eigenvalue weighted by molar-refractivity contribution is -0.128. The molecule has 2 amide bonds. The van der Waals surface area contributed by atoms with Gasteiger partial charge >= 0.3 is 0 Å². The summed E-state index contributed by atoms with van der Waals surface area (Å²) in [6.07, 6.45) is 2.70. The Hall–Kier alpha value is -1.10. The molecule has 1 fully saturated rings. The molecule has 1 aliphatic rings. The van der Waals surface area contributed by atoms with Crippen LogP contribution in [0.1, 0.15) is 33.1 Å². The predicted octanol–water partition coefficient (Wildman–Crippen LogP) is 0.0169. The molecule has 3 N–H and O–H groups in total. The zero-order chi connectivity index (χ0) is 12.9. The molecular formula is C12H23N3O2. The van der Waals surface area contributed by atoms with Gasteiger partial charge in [0.2, 0.25) is 11.8 Å². The van der Waals surface area contributed by atoms with Gasteiger partial charge in [0.15, 0.2) is 0 Å². The zero-order valence-corrected chi connectivity index (χ0v) is 10.9. The third-order valence-electron chi connectivity index (χ3n) is 2.88. The van der Waals surface area contributed by atoms with Crippen molar-refractivity contribution < 1.29 is 9.59 Å². The zero-order valence-electron chi connectivity index (χ0n) is 10.9. The number of amides is 2. The van der Waals surface area contributed by atoms with Crippen molar-refractivity contribution in [3.8, 4) is 0 Å². The Kier molecular flexibility index (Phi) is 4.93. The van der Waals surface area contributed by atoms with Crippen LogP contribution in [0.25, 0.3) is 0 Å². The first-order valence-corrected chi connectivity index (χ1v) is 6.18. The molecule has 0 aliphatic heterocycles. The summed E-state index contributed by atoms with van der Waals surface area (Å²) in [6, 6.07) is 0.421. The van der Waals surface area contributed by atoms with Crippen LogP contribution in [0.3, 0.4) is 0 Å². The van der Waals surface area contributed by atoms with Crippen molar-refractivity contribution in [2.45, 2.75) is 39.2 Å². The Morgan fingerprint density at radius 2 is 1.94 bits per heavy atom. The second-order valence-electron chi connectivity index (χ2n) is 5.23. The van der Waals surface area contributed by atoms with Crippen molar-refractivity contribution >= 4 is 11.8 Å². The van der Waals surface area contributed by atoms with E-state index in [-0.39, 0.29) is 11.8 Å². The molecule has 0 heterocycles. The van der Waals surface area contributed by atoms with E-state index in [1.165, 1.54) is 0 Å². The van der Waals surface area contributed by atoms with Crippen molar-refractivity contribution in [1.82, 2.24) is 16.0 Å². The normalized spacial score (nSPS) is 15.5. The van der Waals surface area contributed by atoms with Crippen molar-refractivity contribution in [2.75, 3.05) is 20.1 Å². The summed E-state index contributed by atoms with van der Waals surface area (Å²) in [6.45, 7) is 4.94. The number of hydrogen-bond donors (Lipinski definition) is 3. The van der Waals surface area contributed by atoms with E-state index < -0.39 is 5.41 Å². The van der Waals surface area contributed by atoms with Crippen LogP contribution in [0.4, 0.5) is 0 Å². The van der Waals surface area contributed by atoms with Crippen LogP contribution >= 0.6 is 0 Å². The summed E-state index contributed by atoms with van der Waals surface area (Å²) in [4.78, 5) is 22.9. The lowest BCUT2D eigenvalue weighted by Gasteiger charge is -2.22. The molecule has 0 spiro atoms. The quantitative estimate of drug-likeness (QED) is 0.550. The Morgan fingerprint density at radius 1 is 1.29 bits per heavy atom. The van der Waals surface area contributed by atoms with Crippen LogP contribution in [0.5, 0.6) is 0 Å². The molecule has 1 saturated carbocycles. The number of rotatable bonds is 7. The molecule has 5 nitrogen and oxygen atoms in total. The highest BCUT2D eigenvalue weighted by atomic mass is 16.2. The Labute approximate surface area is 103 Å². The number of nitrogens with one attached hydrogen (secondary N) is 3. The smallest absolute Gasteiger partial charge is 0.226 e. The summed E-state index contributed by atoms with van der Waals surface area (Å²) >= 11 is 0. The monoisotopic (exact) mass is 241 g/mol. The highest BCUT2D eigenvalue weighted by Gasteiger charge is 2.26. The maximum absolute atomic E-state index is 11.5. The molecule has 5 heteroatoms. The van der Waals surface area contributed by atoms with Gasteiger partial charge in [0.25, 0.3) is 0 Å². The fourth-order valence-corrected chi connectivity index (χ4v) is 1.55. The molecule has 1 aliphatic carbocycles. The van der Waals surface area contributed by atoms with E-state index in [2.05, 4.69) is 16.0 Å². The predicted molar refractivity (Wildman–Crippen MR) is 66.5 cm³/mol. The van der Waals surface area contributed by atoms with Gasteiger partial charge in [-0.25, -0.2) is 0 Å². The first-order valence-electron chi connectivity index (χ1n) is 6.18. The number of carbonyl (C=O) groups is 2. The Balaban J connectivity index is 2.09. The van der Waals surface area contributed by atoms with Gasteiger partial charge < -0.3 is 16.0 Å². The summed E-state index contributed by atoms with van der Waals surface area (Å²) in [5.41, 5.74) is -0.443. The van der Waals surface area contributed by atoms with Gasteiger partial charge in [0.1, 0.15) is 0 Å². The first kappa shape index (κ1) is 14.0. The summed E-state index contributed by atoms with van der Waals surface area (Å²) in [5.74, 6) is 0.102. The SMILES string of the molecule is CNC(=O)C(C)(C)CNCCC(=O)NC1CC1. The first-order chi connectivity index (χ1) is 7.95. The molecule has 0 radical (unpaired) electrons. The summed E-state index contributed by atoms with van der Waals surface area (Å²) in [5, 5.41) is 8.70. The standard InChI is InChI=1S/C12H23N3O2/c1-12(2,11(17)13-3)8-14-7-6-10(16)15-9-4-5-9/h9,14H,4-8H2,1-3H3,(H,13,17)(H,15,16). The lowest BCUT2D eigenvalue weighted by Crippen LogP contribution is -2.42. The van der Waals surface area contributed by atoms with Gasteiger partial charge in [-0.1, -0.05) is 0 Å². The van der Waals surface area contributed by atoms with Crippen LogP contribution in [0.2, 0.25) is 0 Å². The summed E-state index contributed by atoms with van der Waals surface area (Å²) < 4.78 is 0. The fourth-order valence-electron chi connectivity index (χ4n) is 1.55. The molecule has 17 heavy (non-hydrogen) atoms. The van der Waals surface area contributed by atoms with E-state index in [0.29, 0.717) is 25.6 Å². The molecule has 0 atom stereocenters. The van der Waals surface area contributed by atoms with Crippen molar-refractivity contribution in [1.29, 1.82) is 0 Å². The lowest BCUT2D eigenvalue weighted by atomic mass is 9.92.